The van der Waals surface area contributed by atoms with Crippen LogP contribution in [0.3, 0.4) is 0 Å². The first-order valence-electron chi connectivity index (χ1n) is 13.3. The zero-order chi connectivity index (χ0) is 29.3. The maximum atomic E-state index is 14.7. The van der Waals surface area contributed by atoms with Gasteiger partial charge in [0.05, 0.1) is 17.2 Å². The number of rotatable bonds is 7. The number of hydrogen-bond acceptors (Lipinski definition) is 4. The van der Waals surface area contributed by atoms with Crippen molar-refractivity contribution in [3.63, 3.8) is 0 Å². The molecule has 0 saturated heterocycles. The Morgan fingerprint density at radius 1 is 0.925 bits per heavy atom. The molecule has 0 aromatic heterocycles. The molecule has 1 heterocycles. The molecule has 2 amide bonds. The molecule has 214 valence electrons. The van der Waals surface area contributed by atoms with E-state index in [1.54, 1.807) is 17.0 Å². The number of nitrogens with zero attached hydrogens (tertiary/aromatic N) is 1. The molecule has 0 spiro atoms. The Labute approximate surface area is 236 Å². The van der Waals surface area contributed by atoms with Crippen LogP contribution in [-0.4, -0.2) is 26.0 Å². The van der Waals surface area contributed by atoms with Crippen LogP contribution in [0.2, 0.25) is 0 Å². The van der Waals surface area contributed by atoms with E-state index in [0.29, 0.717) is 24.6 Å². The van der Waals surface area contributed by atoms with E-state index >= 15 is 0 Å². The number of amides is 2. The molecule has 0 saturated carbocycles. The molecule has 3 aromatic rings. The average Bonchev–Trinajstić information content (AvgIpc) is 3.28. The maximum Gasteiger partial charge on any atom is 0.322 e. The van der Waals surface area contributed by atoms with Crippen LogP contribution in [0.1, 0.15) is 64.7 Å². The highest BCUT2D eigenvalue weighted by molar-refractivity contribution is 7.92. The van der Waals surface area contributed by atoms with Gasteiger partial charge in [-0.25, -0.2) is 17.6 Å². The normalized spacial score (nSPS) is 13.6. The van der Waals surface area contributed by atoms with Crippen LogP contribution < -0.4 is 14.8 Å². The Kier molecular flexibility index (Phi) is 8.17. The highest BCUT2D eigenvalue weighted by Crippen LogP contribution is 2.29. The number of anilines is 2. The molecule has 0 atom stereocenters. The van der Waals surface area contributed by atoms with Gasteiger partial charge in [-0.2, -0.15) is 0 Å². The monoisotopic (exact) mass is 567 g/mol. The molecule has 4 rings (SSSR count). The molecule has 7 nitrogen and oxygen atoms in total. The number of nitrogens with one attached hydrogen (secondary N) is 2. The number of hydrogen-bond donors (Lipinski definition) is 2. The van der Waals surface area contributed by atoms with Gasteiger partial charge < -0.3 is 15.0 Å². The number of carbonyl (C=O) groups is 1. The predicted molar refractivity (Wildman–Crippen MR) is 157 cm³/mol. The van der Waals surface area contributed by atoms with Crippen molar-refractivity contribution in [2.45, 2.75) is 71.4 Å². The van der Waals surface area contributed by atoms with Gasteiger partial charge in [0.25, 0.3) is 10.0 Å². The van der Waals surface area contributed by atoms with E-state index < -0.39 is 15.8 Å². The lowest BCUT2D eigenvalue weighted by Gasteiger charge is -2.20. The lowest BCUT2D eigenvalue weighted by atomic mass is 9.87. The average molecular weight is 568 g/mol. The number of halogens is 1. The van der Waals surface area contributed by atoms with Gasteiger partial charge in [0.2, 0.25) is 0 Å². The molecule has 0 fully saturated rings. The molecule has 3 aromatic carbocycles. The molecule has 0 radical (unpaired) electrons. The molecule has 9 heteroatoms. The van der Waals surface area contributed by atoms with Crippen LogP contribution in [0.5, 0.6) is 5.75 Å². The number of benzene rings is 3. The molecular formula is C31H38FN3O4S. The van der Waals surface area contributed by atoms with Gasteiger partial charge in [-0.15, -0.1) is 0 Å². The summed E-state index contributed by atoms with van der Waals surface area (Å²) in [6.07, 6.45) is 0.797. The number of sulfonamides is 1. The third kappa shape index (κ3) is 7.33. The standard InChI is InChI=1S/C31H38FN3O4S/c1-30(2,3)15-16-39-25-12-14-28(27(32)18-25)34-40(37,38)26-13-7-21-19-35(20-22(21)17-26)29(36)33-24-10-8-23(9-11-24)31(4,5)6/h7-14,17-18,34H,15-16,19-20H2,1-6H3,(H,33,36). The van der Waals surface area contributed by atoms with Crippen LogP contribution in [-0.2, 0) is 28.5 Å². The summed E-state index contributed by atoms with van der Waals surface area (Å²) < 4.78 is 48.8. The summed E-state index contributed by atoms with van der Waals surface area (Å²) in [6, 6.07) is 16.2. The molecule has 0 bridgehead atoms. The van der Waals surface area contributed by atoms with Crippen LogP contribution in [0.4, 0.5) is 20.6 Å². The molecule has 2 N–H and O–H groups in total. The summed E-state index contributed by atoms with van der Waals surface area (Å²) in [4.78, 5) is 14.5. The van der Waals surface area contributed by atoms with Crippen molar-refractivity contribution in [2.75, 3.05) is 16.6 Å². The van der Waals surface area contributed by atoms with Crippen molar-refractivity contribution >= 4 is 27.4 Å². The highest BCUT2D eigenvalue weighted by Gasteiger charge is 2.26. The van der Waals surface area contributed by atoms with E-state index in [1.807, 2.05) is 24.3 Å². The Hall–Kier alpha value is -3.59. The first-order valence-corrected chi connectivity index (χ1v) is 14.8. The molecule has 40 heavy (non-hydrogen) atoms. The van der Waals surface area contributed by atoms with Crippen molar-refractivity contribution < 1.29 is 22.3 Å². The van der Waals surface area contributed by atoms with E-state index in [0.717, 1.165) is 17.5 Å². The Morgan fingerprint density at radius 2 is 1.60 bits per heavy atom. The first kappa shape index (κ1) is 29.4. The van der Waals surface area contributed by atoms with E-state index in [1.165, 1.54) is 29.8 Å². The zero-order valence-electron chi connectivity index (χ0n) is 24.0. The van der Waals surface area contributed by atoms with Crippen molar-refractivity contribution in [1.29, 1.82) is 0 Å². The van der Waals surface area contributed by atoms with Crippen LogP contribution in [0.25, 0.3) is 0 Å². The predicted octanol–water partition coefficient (Wildman–Crippen LogP) is 7.29. The van der Waals surface area contributed by atoms with E-state index in [2.05, 4.69) is 51.6 Å². The first-order chi connectivity index (χ1) is 18.6. The van der Waals surface area contributed by atoms with E-state index in [4.69, 9.17) is 4.74 Å². The number of ether oxygens (including phenoxy) is 1. The second kappa shape index (κ2) is 11.1. The summed E-state index contributed by atoms with van der Waals surface area (Å²) in [7, 11) is -4.06. The lowest BCUT2D eigenvalue weighted by Crippen LogP contribution is -2.30. The highest BCUT2D eigenvalue weighted by atomic mass is 32.2. The van der Waals surface area contributed by atoms with Crippen LogP contribution >= 0.6 is 0 Å². The van der Waals surface area contributed by atoms with E-state index in [9.17, 15) is 17.6 Å². The molecule has 1 aliphatic heterocycles. The van der Waals surface area contributed by atoms with Gasteiger partial charge in [-0.1, -0.05) is 59.7 Å². The second-order valence-electron chi connectivity index (χ2n) is 12.5. The third-order valence-electron chi connectivity index (χ3n) is 6.81. The minimum atomic E-state index is -4.06. The smallest absolute Gasteiger partial charge is 0.322 e. The quantitative estimate of drug-likeness (QED) is 0.314. The van der Waals surface area contributed by atoms with Crippen molar-refractivity contribution in [3.05, 3.63) is 83.2 Å². The van der Waals surface area contributed by atoms with Gasteiger partial charge in [0, 0.05) is 24.8 Å². The molecular weight excluding hydrogens is 529 g/mol. The van der Waals surface area contributed by atoms with Crippen molar-refractivity contribution in [3.8, 4) is 5.75 Å². The summed E-state index contributed by atoms with van der Waals surface area (Å²) in [5, 5.41) is 2.91. The summed E-state index contributed by atoms with van der Waals surface area (Å²) in [5.74, 6) is -0.387. The summed E-state index contributed by atoms with van der Waals surface area (Å²) in [6.45, 7) is 13.7. The van der Waals surface area contributed by atoms with Gasteiger partial charge in [0.15, 0.2) is 5.82 Å². The SMILES string of the molecule is CC(C)(C)CCOc1ccc(NS(=O)(=O)c2ccc3c(c2)CN(C(=O)Nc2ccc(C(C)(C)C)cc2)C3)c(F)c1. The van der Waals surface area contributed by atoms with E-state index in [-0.39, 0.29) is 34.0 Å². The molecule has 0 unspecified atom stereocenters. The van der Waals surface area contributed by atoms with Crippen molar-refractivity contribution in [2.24, 2.45) is 5.41 Å². The Balaban J connectivity index is 1.39. The Morgan fingerprint density at radius 3 is 2.23 bits per heavy atom. The largest absolute Gasteiger partial charge is 0.493 e. The minimum absolute atomic E-state index is 0.00354. The van der Waals surface area contributed by atoms with Gasteiger partial charge >= 0.3 is 6.03 Å². The molecule has 1 aliphatic rings. The number of carbonyl (C=O) groups excluding carboxylic acids is 1. The topological polar surface area (TPSA) is 87.7 Å². The fraction of sp³-hybridized carbons (Fsp3) is 0.387. The lowest BCUT2D eigenvalue weighted by molar-refractivity contribution is 0.212. The van der Waals surface area contributed by atoms with Gasteiger partial charge in [0.1, 0.15) is 5.75 Å². The third-order valence-corrected chi connectivity index (χ3v) is 8.17. The minimum Gasteiger partial charge on any atom is -0.493 e. The molecule has 0 aliphatic carbocycles. The maximum absolute atomic E-state index is 14.7. The zero-order valence-corrected chi connectivity index (χ0v) is 24.8. The summed E-state index contributed by atoms with van der Waals surface area (Å²) >= 11 is 0. The van der Waals surface area contributed by atoms with Gasteiger partial charge in [-0.3, -0.25) is 4.72 Å². The van der Waals surface area contributed by atoms with Crippen LogP contribution in [0.15, 0.2) is 65.6 Å². The summed E-state index contributed by atoms with van der Waals surface area (Å²) in [5.41, 5.74) is 3.38. The second-order valence-corrected chi connectivity index (χ2v) is 14.1. The number of urea groups is 1. The van der Waals surface area contributed by atoms with Gasteiger partial charge in [-0.05, 0) is 70.3 Å². The van der Waals surface area contributed by atoms with Crippen molar-refractivity contribution in [1.82, 2.24) is 4.90 Å². The fourth-order valence-corrected chi connectivity index (χ4v) is 5.40. The number of fused-ring (bicyclic) bond motifs is 1. The van der Waals surface area contributed by atoms with Crippen LogP contribution in [0, 0.1) is 11.2 Å². The Bertz CT molecular complexity index is 1490. The fourth-order valence-electron chi connectivity index (χ4n) is 4.28.